The summed E-state index contributed by atoms with van der Waals surface area (Å²) in [7, 11) is 0. The Kier molecular flexibility index (Phi) is 4.61. The summed E-state index contributed by atoms with van der Waals surface area (Å²) in [5.74, 6) is 0.294. The standard InChI is InChI=1S/C19H20N2O4/c1-3-25-15-7-4-13(5-8-15)20-16-11-18(23)21(19(16)24)17-9-6-14(22)10-12(17)2/h4-10,16,20,22H,3,11H2,1-2H3. The van der Waals surface area contributed by atoms with Crippen molar-refractivity contribution in [3.8, 4) is 11.5 Å². The lowest BCUT2D eigenvalue weighted by molar-refractivity contribution is -0.121. The number of aryl methyl sites for hydroxylation is 1. The number of hydrogen-bond donors (Lipinski definition) is 2. The lowest BCUT2D eigenvalue weighted by Gasteiger charge is -2.18. The Hall–Kier alpha value is -3.02. The largest absolute Gasteiger partial charge is 0.508 e. The average Bonchev–Trinajstić information content (AvgIpc) is 2.84. The number of ether oxygens (including phenoxy) is 1. The number of amides is 2. The molecule has 25 heavy (non-hydrogen) atoms. The van der Waals surface area contributed by atoms with E-state index < -0.39 is 6.04 Å². The maximum absolute atomic E-state index is 12.7. The first-order valence-electron chi connectivity index (χ1n) is 8.15. The van der Waals surface area contributed by atoms with Crippen LogP contribution in [0.15, 0.2) is 42.5 Å². The second-order valence-electron chi connectivity index (χ2n) is 5.90. The molecule has 0 radical (unpaired) electrons. The number of phenols is 1. The predicted octanol–water partition coefficient (Wildman–Crippen LogP) is 2.84. The molecule has 1 saturated heterocycles. The van der Waals surface area contributed by atoms with Gasteiger partial charge in [-0.3, -0.25) is 9.59 Å². The first kappa shape index (κ1) is 16.8. The number of benzene rings is 2. The van der Waals surface area contributed by atoms with E-state index in [0.29, 0.717) is 17.9 Å². The fourth-order valence-corrected chi connectivity index (χ4v) is 2.90. The topological polar surface area (TPSA) is 78.9 Å². The molecular weight excluding hydrogens is 320 g/mol. The zero-order valence-electron chi connectivity index (χ0n) is 14.2. The first-order valence-corrected chi connectivity index (χ1v) is 8.15. The van der Waals surface area contributed by atoms with Crippen molar-refractivity contribution < 1.29 is 19.4 Å². The van der Waals surface area contributed by atoms with Crippen LogP contribution in [-0.2, 0) is 9.59 Å². The number of nitrogens with one attached hydrogen (secondary N) is 1. The smallest absolute Gasteiger partial charge is 0.256 e. The molecule has 1 fully saturated rings. The van der Waals surface area contributed by atoms with Crippen molar-refractivity contribution in [1.82, 2.24) is 0 Å². The van der Waals surface area contributed by atoms with Gasteiger partial charge in [-0.25, -0.2) is 4.90 Å². The molecule has 1 aliphatic rings. The van der Waals surface area contributed by atoms with Crippen LogP contribution < -0.4 is 15.0 Å². The number of aromatic hydroxyl groups is 1. The summed E-state index contributed by atoms with van der Waals surface area (Å²) in [6, 6.07) is 11.2. The summed E-state index contributed by atoms with van der Waals surface area (Å²) in [5.41, 5.74) is 1.92. The molecule has 2 aromatic carbocycles. The predicted molar refractivity (Wildman–Crippen MR) is 95.0 cm³/mol. The van der Waals surface area contributed by atoms with Gasteiger partial charge in [0.15, 0.2) is 0 Å². The number of rotatable bonds is 5. The molecule has 1 heterocycles. The van der Waals surface area contributed by atoms with Gasteiger partial charge in [-0.1, -0.05) is 0 Å². The van der Waals surface area contributed by atoms with Gasteiger partial charge >= 0.3 is 0 Å². The van der Waals surface area contributed by atoms with Crippen LogP contribution >= 0.6 is 0 Å². The van der Waals surface area contributed by atoms with Crippen LogP contribution in [0.1, 0.15) is 18.9 Å². The minimum absolute atomic E-state index is 0.0896. The highest BCUT2D eigenvalue weighted by Crippen LogP contribution is 2.30. The second-order valence-corrected chi connectivity index (χ2v) is 5.90. The van der Waals surface area contributed by atoms with E-state index in [1.165, 1.54) is 17.0 Å². The van der Waals surface area contributed by atoms with Crippen LogP contribution in [-0.4, -0.2) is 29.6 Å². The fourth-order valence-electron chi connectivity index (χ4n) is 2.90. The summed E-state index contributed by atoms with van der Waals surface area (Å²) in [5, 5.41) is 12.6. The number of nitrogens with zero attached hydrogens (tertiary/aromatic N) is 1. The molecule has 0 saturated carbocycles. The van der Waals surface area contributed by atoms with E-state index in [0.717, 1.165) is 11.4 Å². The van der Waals surface area contributed by atoms with Gasteiger partial charge in [0.25, 0.3) is 5.91 Å². The van der Waals surface area contributed by atoms with E-state index in [1.54, 1.807) is 13.0 Å². The van der Waals surface area contributed by atoms with Gasteiger partial charge in [0.05, 0.1) is 18.7 Å². The Labute approximate surface area is 146 Å². The van der Waals surface area contributed by atoms with Crippen molar-refractivity contribution in [1.29, 1.82) is 0 Å². The Morgan fingerprint density at radius 3 is 2.56 bits per heavy atom. The third kappa shape index (κ3) is 3.42. The highest BCUT2D eigenvalue weighted by Gasteiger charge is 2.40. The summed E-state index contributed by atoms with van der Waals surface area (Å²) >= 11 is 0. The summed E-state index contributed by atoms with van der Waals surface area (Å²) in [6.07, 6.45) is 0.0896. The third-order valence-corrected chi connectivity index (χ3v) is 4.07. The molecule has 130 valence electrons. The molecule has 0 aromatic heterocycles. The molecule has 2 N–H and O–H groups in total. The molecule has 6 nitrogen and oxygen atoms in total. The Morgan fingerprint density at radius 2 is 1.92 bits per heavy atom. The minimum atomic E-state index is -0.612. The van der Waals surface area contributed by atoms with Crippen LogP contribution in [0.5, 0.6) is 11.5 Å². The van der Waals surface area contributed by atoms with Gasteiger partial charge in [-0.2, -0.15) is 0 Å². The van der Waals surface area contributed by atoms with Gasteiger partial charge in [0, 0.05) is 5.69 Å². The maximum Gasteiger partial charge on any atom is 0.256 e. The van der Waals surface area contributed by atoms with E-state index in [2.05, 4.69) is 5.32 Å². The van der Waals surface area contributed by atoms with Gasteiger partial charge in [-0.15, -0.1) is 0 Å². The van der Waals surface area contributed by atoms with E-state index in [-0.39, 0.29) is 24.0 Å². The van der Waals surface area contributed by atoms with Crippen molar-refractivity contribution in [3.63, 3.8) is 0 Å². The van der Waals surface area contributed by atoms with E-state index in [9.17, 15) is 14.7 Å². The number of anilines is 2. The van der Waals surface area contributed by atoms with Crippen molar-refractivity contribution in [2.24, 2.45) is 0 Å². The normalized spacial score (nSPS) is 17.0. The van der Waals surface area contributed by atoms with E-state index in [1.807, 2.05) is 31.2 Å². The summed E-state index contributed by atoms with van der Waals surface area (Å²) in [6.45, 7) is 4.25. The zero-order valence-corrected chi connectivity index (χ0v) is 14.2. The van der Waals surface area contributed by atoms with Crippen LogP contribution in [0.25, 0.3) is 0 Å². The maximum atomic E-state index is 12.7. The quantitative estimate of drug-likeness (QED) is 0.818. The van der Waals surface area contributed by atoms with E-state index >= 15 is 0 Å². The first-order chi connectivity index (χ1) is 12.0. The molecule has 1 aliphatic heterocycles. The third-order valence-electron chi connectivity index (χ3n) is 4.07. The van der Waals surface area contributed by atoms with Crippen molar-refractivity contribution in [2.45, 2.75) is 26.3 Å². The Morgan fingerprint density at radius 1 is 1.20 bits per heavy atom. The lowest BCUT2D eigenvalue weighted by Crippen LogP contribution is -2.35. The monoisotopic (exact) mass is 340 g/mol. The second kappa shape index (κ2) is 6.84. The van der Waals surface area contributed by atoms with Gasteiger partial charge in [0.1, 0.15) is 17.5 Å². The molecular formula is C19H20N2O4. The summed E-state index contributed by atoms with van der Waals surface area (Å²) < 4.78 is 5.39. The lowest BCUT2D eigenvalue weighted by atomic mass is 10.1. The van der Waals surface area contributed by atoms with Crippen LogP contribution in [0.3, 0.4) is 0 Å². The molecule has 0 spiro atoms. The minimum Gasteiger partial charge on any atom is -0.508 e. The number of imide groups is 1. The number of hydrogen-bond acceptors (Lipinski definition) is 5. The van der Waals surface area contributed by atoms with Crippen LogP contribution in [0.2, 0.25) is 0 Å². The Bertz CT molecular complexity index is 802. The van der Waals surface area contributed by atoms with Crippen molar-refractivity contribution in [2.75, 3.05) is 16.8 Å². The van der Waals surface area contributed by atoms with Crippen molar-refractivity contribution in [3.05, 3.63) is 48.0 Å². The summed E-state index contributed by atoms with van der Waals surface area (Å²) in [4.78, 5) is 26.2. The molecule has 1 unspecified atom stereocenters. The Balaban J connectivity index is 1.76. The molecule has 1 atom stereocenters. The van der Waals surface area contributed by atoms with Gasteiger partial charge < -0.3 is 15.2 Å². The fraction of sp³-hybridized carbons (Fsp3) is 0.263. The SMILES string of the molecule is CCOc1ccc(NC2CC(=O)N(c3ccc(O)cc3C)C2=O)cc1. The zero-order chi connectivity index (χ0) is 18.0. The highest BCUT2D eigenvalue weighted by atomic mass is 16.5. The molecule has 0 aliphatic carbocycles. The molecule has 3 rings (SSSR count). The average molecular weight is 340 g/mol. The van der Waals surface area contributed by atoms with E-state index in [4.69, 9.17) is 4.74 Å². The van der Waals surface area contributed by atoms with Crippen LogP contribution in [0.4, 0.5) is 11.4 Å². The molecule has 2 aromatic rings. The number of phenolic OH excluding ortho intramolecular Hbond substituents is 1. The van der Waals surface area contributed by atoms with Crippen molar-refractivity contribution >= 4 is 23.2 Å². The molecule has 2 amide bonds. The number of carbonyl (C=O) groups is 2. The highest BCUT2D eigenvalue weighted by molar-refractivity contribution is 6.23. The van der Waals surface area contributed by atoms with Gasteiger partial charge in [-0.05, 0) is 61.9 Å². The van der Waals surface area contributed by atoms with Crippen LogP contribution in [0, 0.1) is 6.92 Å². The molecule has 0 bridgehead atoms. The number of carbonyl (C=O) groups excluding carboxylic acids is 2. The van der Waals surface area contributed by atoms with Gasteiger partial charge in [0.2, 0.25) is 5.91 Å². The molecule has 6 heteroatoms.